The van der Waals surface area contributed by atoms with Gasteiger partial charge in [-0.25, -0.2) is 14.4 Å². The van der Waals surface area contributed by atoms with Crippen molar-refractivity contribution in [3.63, 3.8) is 0 Å². The fraction of sp³-hybridized carbons (Fsp3) is 0.519. The molecule has 0 spiro atoms. The molecule has 18 heteroatoms. The molecule has 4 aromatic rings. The predicted octanol–water partition coefficient (Wildman–Crippen LogP) is 8.57. The average molecular weight is 999 g/mol. The number of hydrogen-bond donors (Lipinski definition) is 3. The molecule has 374 valence electrons. The van der Waals surface area contributed by atoms with Crippen molar-refractivity contribution in [2.24, 2.45) is 0 Å². The summed E-state index contributed by atoms with van der Waals surface area (Å²) in [6, 6.07) is 13.6. The lowest BCUT2D eigenvalue weighted by atomic mass is 10.0. The summed E-state index contributed by atoms with van der Waals surface area (Å²) in [6.45, 7) is 6.69. The normalized spacial score (nSPS) is 18.0. The first-order valence-electron chi connectivity index (χ1n) is 25.0. The van der Waals surface area contributed by atoms with Crippen LogP contribution in [0.4, 0.5) is 21.6 Å². The number of fused-ring (bicyclic) bond motifs is 2. The number of nitrogens with one attached hydrogen (secondary N) is 3. The maximum atomic E-state index is 13.7. The molecule has 8 rings (SSSR count). The number of ether oxygens (including phenoxy) is 1. The van der Waals surface area contributed by atoms with Crippen molar-refractivity contribution in [2.75, 3.05) is 69.3 Å². The number of imide groups is 1. The van der Waals surface area contributed by atoms with Crippen LogP contribution in [0.15, 0.2) is 59.8 Å². The van der Waals surface area contributed by atoms with Crippen LogP contribution in [0.3, 0.4) is 0 Å². The number of piperidine rings is 2. The maximum absolute atomic E-state index is 13.7. The van der Waals surface area contributed by atoms with Crippen molar-refractivity contribution in [1.82, 2.24) is 34.9 Å². The van der Waals surface area contributed by atoms with Gasteiger partial charge in [0, 0.05) is 85.6 Å². The van der Waals surface area contributed by atoms with E-state index in [9.17, 15) is 28.4 Å². The number of anilines is 3. The van der Waals surface area contributed by atoms with Gasteiger partial charge in [0.2, 0.25) is 23.6 Å². The Morgan fingerprint density at radius 3 is 2.37 bits per heavy atom. The Kier molecular flexibility index (Phi) is 18.0. The highest BCUT2D eigenvalue weighted by molar-refractivity contribution is 7.99. The maximum Gasteiger partial charge on any atom is 0.255 e. The topological polar surface area (TPSA) is 169 Å². The summed E-state index contributed by atoms with van der Waals surface area (Å²) in [7, 11) is 1.55. The second-order valence-electron chi connectivity index (χ2n) is 18.8. The van der Waals surface area contributed by atoms with Gasteiger partial charge in [-0.15, -0.1) is 11.8 Å². The third kappa shape index (κ3) is 13.1. The molecule has 0 aliphatic carbocycles. The van der Waals surface area contributed by atoms with Crippen molar-refractivity contribution < 1.29 is 33.1 Å². The Bertz CT molecular complexity index is 2520. The Morgan fingerprint density at radius 2 is 1.63 bits per heavy atom. The lowest BCUT2D eigenvalue weighted by Gasteiger charge is -2.42. The minimum absolute atomic E-state index is 0.00681. The molecule has 15 nitrogen and oxygen atoms in total. The zero-order valence-corrected chi connectivity index (χ0v) is 41.7. The molecule has 0 bridgehead atoms. The third-order valence-electron chi connectivity index (χ3n) is 14.1. The van der Waals surface area contributed by atoms with Crippen molar-refractivity contribution in [2.45, 2.75) is 120 Å². The summed E-state index contributed by atoms with van der Waals surface area (Å²) in [6.07, 6.45) is 15.0. The molecule has 3 N–H and O–H groups in total. The van der Waals surface area contributed by atoms with Crippen molar-refractivity contribution in [1.29, 1.82) is 0 Å². The summed E-state index contributed by atoms with van der Waals surface area (Å²) >= 11 is 7.77. The van der Waals surface area contributed by atoms with Crippen molar-refractivity contribution in [3.05, 3.63) is 76.8 Å². The quantitative estimate of drug-likeness (QED) is 0.0390. The van der Waals surface area contributed by atoms with E-state index in [1.54, 1.807) is 42.0 Å². The first kappa shape index (κ1) is 51.0. The van der Waals surface area contributed by atoms with Crippen LogP contribution in [0.5, 0.6) is 5.75 Å². The van der Waals surface area contributed by atoms with E-state index in [0.717, 1.165) is 113 Å². The predicted molar refractivity (Wildman–Crippen MR) is 271 cm³/mol. The summed E-state index contributed by atoms with van der Waals surface area (Å²) < 4.78 is 19.3. The van der Waals surface area contributed by atoms with Gasteiger partial charge in [0.25, 0.3) is 5.91 Å². The SMILES string of the molecule is COc1cc2ncnc(Nc3ccc(F)c(Cl)c3)c2cc1NC(=O)CCCN1CCC(N2CCN(C(=O)CCCCCCCCCCSc3cccc4c3CN(C3CCC(=O)NC3=O)C4=O)CC2)CC1. The summed E-state index contributed by atoms with van der Waals surface area (Å²) in [5.74, 6) is 0.829. The van der Waals surface area contributed by atoms with Crippen LogP contribution >= 0.6 is 23.4 Å². The van der Waals surface area contributed by atoms with E-state index in [1.807, 2.05) is 12.1 Å². The van der Waals surface area contributed by atoms with Gasteiger partial charge in [-0.3, -0.25) is 34.2 Å². The van der Waals surface area contributed by atoms with E-state index in [2.05, 4.69) is 46.7 Å². The molecule has 4 aliphatic heterocycles. The smallest absolute Gasteiger partial charge is 0.255 e. The number of nitrogens with zero attached hydrogens (tertiary/aromatic N) is 6. The second kappa shape index (κ2) is 24.7. The van der Waals surface area contributed by atoms with Gasteiger partial charge in [0.1, 0.15) is 29.8 Å². The first-order valence-corrected chi connectivity index (χ1v) is 26.4. The van der Waals surface area contributed by atoms with E-state index in [0.29, 0.717) is 71.3 Å². The highest BCUT2D eigenvalue weighted by Crippen LogP contribution is 2.36. The Balaban J connectivity index is 0.646. The molecule has 4 aliphatic rings. The van der Waals surface area contributed by atoms with Crippen LogP contribution in [0.25, 0.3) is 10.9 Å². The van der Waals surface area contributed by atoms with Crippen LogP contribution in [0.2, 0.25) is 5.02 Å². The van der Waals surface area contributed by atoms with E-state index >= 15 is 0 Å². The number of rotatable bonds is 22. The van der Waals surface area contributed by atoms with Gasteiger partial charge in [-0.1, -0.05) is 56.2 Å². The number of carbonyl (C=O) groups is 5. The van der Waals surface area contributed by atoms with Gasteiger partial charge in [0.05, 0.1) is 23.3 Å². The van der Waals surface area contributed by atoms with Gasteiger partial charge < -0.3 is 30.1 Å². The number of halogens is 2. The summed E-state index contributed by atoms with van der Waals surface area (Å²) in [5.41, 5.74) is 3.35. The Labute approximate surface area is 419 Å². The van der Waals surface area contributed by atoms with E-state index in [-0.39, 0.29) is 41.0 Å². The lowest BCUT2D eigenvalue weighted by Crippen LogP contribution is -2.54. The van der Waals surface area contributed by atoms with Gasteiger partial charge in [-0.05, 0) is 106 Å². The second-order valence-corrected chi connectivity index (χ2v) is 20.3. The molecule has 3 fully saturated rings. The number of carbonyl (C=O) groups excluding carboxylic acids is 5. The molecule has 5 amide bonds. The number of unbranched alkanes of at least 4 members (excludes halogenated alkanes) is 7. The largest absolute Gasteiger partial charge is 0.494 e. The summed E-state index contributed by atoms with van der Waals surface area (Å²) in [5, 5.41) is 9.21. The number of amides is 5. The third-order valence-corrected chi connectivity index (χ3v) is 15.6. The van der Waals surface area contributed by atoms with Crippen LogP contribution in [-0.4, -0.2) is 130 Å². The fourth-order valence-corrected chi connectivity index (χ4v) is 11.4. The molecular weight excluding hydrogens is 933 g/mol. The highest BCUT2D eigenvalue weighted by Gasteiger charge is 2.40. The molecule has 5 heterocycles. The molecule has 0 radical (unpaired) electrons. The molecule has 0 saturated carbocycles. The first-order chi connectivity index (χ1) is 34.0. The van der Waals surface area contributed by atoms with Gasteiger partial charge in [0.15, 0.2) is 0 Å². The van der Waals surface area contributed by atoms with Crippen LogP contribution < -0.4 is 20.7 Å². The van der Waals surface area contributed by atoms with E-state index < -0.39 is 11.9 Å². The van der Waals surface area contributed by atoms with Crippen molar-refractivity contribution >= 4 is 81.0 Å². The van der Waals surface area contributed by atoms with E-state index in [4.69, 9.17) is 16.3 Å². The highest BCUT2D eigenvalue weighted by atomic mass is 35.5. The molecule has 1 unspecified atom stereocenters. The standard InChI is InChI=1S/C52H65ClFN9O6S/c1-69-45-32-42-38(50(56-34-55-42)57-35-16-17-41(54)40(53)30-35)31-43(45)58-47(64)14-11-22-60-23-20-36(21-24-60)61-25-27-62(28-26-61)49(66)15-8-6-4-2-3-5-7-9-29-70-46-13-10-12-37-39(46)33-63(52(37)68)44-18-19-48(65)59-51(44)67/h10,12-13,16-17,30-32,34,36,44H,2-9,11,14-15,18-29,33H2,1H3,(H,58,64)(H,55,56,57)(H,59,65,67). The number of aromatic nitrogens is 2. The van der Waals surface area contributed by atoms with Gasteiger partial charge >= 0.3 is 0 Å². The number of thioether (sulfide) groups is 1. The number of likely N-dealkylation sites (tertiary alicyclic amines) is 1. The van der Waals surface area contributed by atoms with Crippen molar-refractivity contribution in [3.8, 4) is 5.75 Å². The number of piperazine rings is 1. The zero-order chi connectivity index (χ0) is 49.0. The average Bonchev–Trinajstić information content (AvgIpc) is 3.70. The monoisotopic (exact) mass is 997 g/mol. The summed E-state index contributed by atoms with van der Waals surface area (Å²) in [4.78, 5) is 81.9. The minimum atomic E-state index is -0.594. The molecule has 3 aromatic carbocycles. The number of hydrogen-bond acceptors (Lipinski definition) is 12. The molecular formula is C52H65ClFN9O6S. The van der Waals surface area contributed by atoms with Crippen LogP contribution in [0.1, 0.15) is 112 Å². The Hall–Kier alpha value is -5.36. The Morgan fingerprint density at radius 1 is 0.871 bits per heavy atom. The lowest BCUT2D eigenvalue weighted by molar-refractivity contribution is -0.137. The van der Waals surface area contributed by atoms with E-state index in [1.165, 1.54) is 37.7 Å². The zero-order valence-electron chi connectivity index (χ0n) is 40.1. The molecule has 70 heavy (non-hydrogen) atoms. The number of benzene rings is 3. The van der Waals surface area contributed by atoms with Gasteiger partial charge in [-0.2, -0.15) is 0 Å². The minimum Gasteiger partial charge on any atom is -0.494 e. The molecule has 1 atom stereocenters. The number of methoxy groups -OCH3 is 1. The fourth-order valence-electron chi connectivity index (χ4n) is 10.2. The molecule has 1 aromatic heterocycles. The molecule has 3 saturated heterocycles. The van der Waals surface area contributed by atoms with Crippen LogP contribution in [-0.2, 0) is 25.7 Å². The van der Waals surface area contributed by atoms with Crippen LogP contribution in [0, 0.1) is 5.82 Å².